The molecule has 0 fully saturated rings. The van der Waals surface area contributed by atoms with E-state index in [0.29, 0.717) is 6.61 Å². The van der Waals surface area contributed by atoms with Crippen LogP contribution in [0.2, 0.25) is 0 Å². The Kier molecular flexibility index (Phi) is 4.11. The summed E-state index contributed by atoms with van der Waals surface area (Å²) in [6.45, 7) is 2.36. The van der Waals surface area contributed by atoms with Crippen molar-refractivity contribution in [2.75, 3.05) is 18.5 Å². The molecule has 0 saturated heterocycles. The Morgan fingerprint density at radius 2 is 2.08 bits per heavy atom. The lowest BCUT2D eigenvalue weighted by atomic mass is 10.2. The maximum atomic E-state index is 11.5. The number of anilines is 1. The summed E-state index contributed by atoms with van der Waals surface area (Å²) < 4.78 is 8.16. The fraction of sp³-hybridized carbons (Fsp3) is 0.158. The molecule has 0 aliphatic heterocycles. The summed E-state index contributed by atoms with van der Waals surface area (Å²) in [6, 6.07) is 16.2. The zero-order valence-electron chi connectivity index (χ0n) is 13.7. The van der Waals surface area contributed by atoms with Gasteiger partial charge in [-0.3, -0.25) is 9.20 Å². The quantitative estimate of drug-likeness (QED) is 0.548. The average Bonchev–Trinajstić information content (AvgIpc) is 3.18. The molecule has 0 atom stereocenters. The van der Waals surface area contributed by atoms with Gasteiger partial charge < -0.3 is 10.1 Å². The Hall–Kier alpha value is -2.86. The van der Waals surface area contributed by atoms with E-state index in [1.54, 1.807) is 18.3 Å². The number of hydrogen-bond donors (Lipinski definition) is 1. The zero-order valence-corrected chi connectivity index (χ0v) is 14.5. The molecule has 6 heteroatoms. The van der Waals surface area contributed by atoms with Crippen molar-refractivity contribution in [1.82, 2.24) is 9.38 Å². The minimum absolute atomic E-state index is 0.167. The summed E-state index contributed by atoms with van der Waals surface area (Å²) in [5.74, 6) is -0.254. The monoisotopic (exact) mass is 351 g/mol. The predicted molar refractivity (Wildman–Crippen MR) is 101 cm³/mol. The normalized spacial score (nSPS) is 11.1. The standard InChI is InChI=1S/C19H17N3O2S/c1-2-24-18(23)11-20-14-8-9-16-17(10-14)25-19-21-15(12-22(16)19)13-6-4-3-5-7-13/h3-10,12,20H,2,11H2,1H3. The topological polar surface area (TPSA) is 55.6 Å². The number of imidazole rings is 1. The highest BCUT2D eigenvalue weighted by Crippen LogP contribution is 2.31. The van der Waals surface area contributed by atoms with E-state index in [0.717, 1.165) is 32.1 Å². The molecule has 4 aromatic rings. The van der Waals surface area contributed by atoms with Crippen molar-refractivity contribution in [3.05, 3.63) is 54.7 Å². The summed E-state index contributed by atoms with van der Waals surface area (Å²) >= 11 is 1.63. The SMILES string of the molecule is CCOC(=O)CNc1ccc2c(c1)sc1nc(-c3ccccc3)cn12. The molecule has 0 aliphatic rings. The minimum Gasteiger partial charge on any atom is -0.465 e. The van der Waals surface area contributed by atoms with Gasteiger partial charge in [0.25, 0.3) is 0 Å². The number of thiazole rings is 1. The minimum atomic E-state index is -0.254. The number of hydrogen-bond acceptors (Lipinski definition) is 5. The van der Waals surface area contributed by atoms with Gasteiger partial charge in [0.15, 0.2) is 4.96 Å². The molecule has 0 spiro atoms. The van der Waals surface area contributed by atoms with E-state index >= 15 is 0 Å². The van der Waals surface area contributed by atoms with Crippen molar-refractivity contribution in [3.8, 4) is 11.3 Å². The van der Waals surface area contributed by atoms with Crippen molar-refractivity contribution in [2.24, 2.45) is 0 Å². The highest BCUT2D eigenvalue weighted by Gasteiger charge is 2.11. The molecule has 2 heterocycles. The maximum absolute atomic E-state index is 11.5. The largest absolute Gasteiger partial charge is 0.465 e. The van der Waals surface area contributed by atoms with Crippen LogP contribution in [0.4, 0.5) is 5.69 Å². The zero-order chi connectivity index (χ0) is 17.2. The molecular formula is C19H17N3O2S. The van der Waals surface area contributed by atoms with E-state index < -0.39 is 0 Å². The smallest absolute Gasteiger partial charge is 0.325 e. The number of benzene rings is 2. The number of nitrogens with one attached hydrogen (secondary N) is 1. The molecule has 4 rings (SSSR count). The van der Waals surface area contributed by atoms with Crippen molar-refractivity contribution >= 4 is 38.2 Å². The third-order valence-electron chi connectivity index (χ3n) is 3.91. The first kappa shape index (κ1) is 15.7. The molecule has 0 aliphatic carbocycles. The molecular weight excluding hydrogens is 334 g/mol. The molecule has 1 N–H and O–H groups in total. The van der Waals surface area contributed by atoms with E-state index in [4.69, 9.17) is 9.72 Å². The number of esters is 1. The number of aromatic nitrogens is 2. The third kappa shape index (κ3) is 3.08. The van der Waals surface area contributed by atoms with E-state index in [1.807, 2.05) is 36.4 Å². The van der Waals surface area contributed by atoms with Gasteiger partial charge in [-0.25, -0.2) is 4.98 Å². The van der Waals surface area contributed by atoms with E-state index in [-0.39, 0.29) is 12.5 Å². The van der Waals surface area contributed by atoms with Crippen LogP contribution in [0.5, 0.6) is 0 Å². The third-order valence-corrected chi connectivity index (χ3v) is 4.92. The van der Waals surface area contributed by atoms with E-state index in [1.165, 1.54) is 0 Å². The van der Waals surface area contributed by atoms with Crippen LogP contribution in [0.1, 0.15) is 6.92 Å². The van der Waals surface area contributed by atoms with Gasteiger partial charge in [0.1, 0.15) is 6.54 Å². The molecule has 0 unspecified atom stereocenters. The first-order valence-electron chi connectivity index (χ1n) is 8.11. The van der Waals surface area contributed by atoms with Crippen molar-refractivity contribution in [2.45, 2.75) is 6.92 Å². The maximum Gasteiger partial charge on any atom is 0.325 e. The molecule has 0 bridgehead atoms. The number of rotatable bonds is 5. The molecule has 126 valence electrons. The molecule has 0 saturated carbocycles. The van der Waals surface area contributed by atoms with Gasteiger partial charge in [-0.2, -0.15) is 0 Å². The van der Waals surface area contributed by atoms with Crippen LogP contribution in [0.25, 0.3) is 26.4 Å². The number of ether oxygens (including phenoxy) is 1. The van der Waals surface area contributed by atoms with Crippen LogP contribution in [0.3, 0.4) is 0 Å². The Balaban J connectivity index is 1.63. The van der Waals surface area contributed by atoms with E-state index in [9.17, 15) is 4.79 Å². The fourth-order valence-corrected chi connectivity index (χ4v) is 3.79. The predicted octanol–water partition coefficient (Wildman–Crippen LogP) is 4.19. The molecule has 5 nitrogen and oxygen atoms in total. The molecule has 0 amide bonds. The highest BCUT2D eigenvalue weighted by atomic mass is 32.1. The lowest BCUT2D eigenvalue weighted by Gasteiger charge is -2.05. The first-order chi connectivity index (χ1) is 12.2. The van der Waals surface area contributed by atoms with Crippen LogP contribution in [-0.4, -0.2) is 28.5 Å². The van der Waals surface area contributed by atoms with Gasteiger partial charge in [-0.1, -0.05) is 41.7 Å². The van der Waals surface area contributed by atoms with E-state index in [2.05, 4.69) is 28.0 Å². The Labute approximate surface area is 148 Å². The van der Waals surface area contributed by atoms with Gasteiger partial charge >= 0.3 is 5.97 Å². The van der Waals surface area contributed by atoms with Crippen LogP contribution in [0, 0.1) is 0 Å². The Morgan fingerprint density at radius 1 is 1.24 bits per heavy atom. The number of carbonyl (C=O) groups is 1. The van der Waals surface area contributed by atoms with Crippen LogP contribution < -0.4 is 5.32 Å². The van der Waals surface area contributed by atoms with Gasteiger partial charge in [0, 0.05) is 17.4 Å². The molecule has 0 radical (unpaired) electrons. The number of nitrogens with zero attached hydrogens (tertiary/aromatic N) is 2. The Morgan fingerprint density at radius 3 is 2.88 bits per heavy atom. The summed E-state index contributed by atoms with van der Waals surface area (Å²) in [5.41, 5.74) is 4.09. The molecule has 2 aromatic carbocycles. The lowest BCUT2D eigenvalue weighted by molar-refractivity contribution is -0.140. The first-order valence-corrected chi connectivity index (χ1v) is 8.93. The van der Waals surface area contributed by atoms with Gasteiger partial charge in [-0.05, 0) is 25.1 Å². The van der Waals surface area contributed by atoms with Crippen LogP contribution in [-0.2, 0) is 9.53 Å². The molecule has 2 aromatic heterocycles. The fourth-order valence-electron chi connectivity index (χ4n) is 2.75. The van der Waals surface area contributed by atoms with Crippen molar-refractivity contribution < 1.29 is 9.53 Å². The summed E-state index contributed by atoms with van der Waals surface area (Å²) in [6.07, 6.45) is 2.06. The number of carbonyl (C=O) groups excluding carboxylic acids is 1. The molecule has 25 heavy (non-hydrogen) atoms. The highest BCUT2D eigenvalue weighted by molar-refractivity contribution is 7.23. The second-order valence-corrected chi connectivity index (χ2v) is 6.60. The van der Waals surface area contributed by atoms with Crippen molar-refractivity contribution in [3.63, 3.8) is 0 Å². The van der Waals surface area contributed by atoms with Crippen LogP contribution in [0.15, 0.2) is 54.7 Å². The van der Waals surface area contributed by atoms with Gasteiger partial charge in [-0.15, -0.1) is 0 Å². The van der Waals surface area contributed by atoms with Crippen LogP contribution >= 0.6 is 11.3 Å². The second-order valence-electron chi connectivity index (χ2n) is 5.59. The summed E-state index contributed by atoms with van der Waals surface area (Å²) in [7, 11) is 0. The van der Waals surface area contributed by atoms with Gasteiger partial charge in [0.05, 0.1) is 22.5 Å². The Bertz CT molecular complexity index is 1040. The summed E-state index contributed by atoms with van der Waals surface area (Å²) in [5, 5.41) is 3.10. The lowest BCUT2D eigenvalue weighted by Crippen LogP contribution is -2.16. The summed E-state index contributed by atoms with van der Waals surface area (Å²) in [4.78, 5) is 17.1. The average molecular weight is 351 g/mol. The number of fused-ring (bicyclic) bond motifs is 3. The second kappa shape index (κ2) is 6.57. The van der Waals surface area contributed by atoms with Crippen molar-refractivity contribution in [1.29, 1.82) is 0 Å². The van der Waals surface area contributed by atoms with Gasteiger partial charge in [0.2, 0.25) is 0 Å².